The molecule has 1 saturated heterocycles. The number of rotatable bonds is 2. The molecule has 0 N–H and O–H groups in total. The van der Waals surface area contributed by atoms with Crippen LogP contribution in [0.5, 0.6) is 0 Å². The zero-order chi connectivity index (χ0) is 14.8. The Morgan fingerprint density at radius 1 is 1.19 bits per heavy atom. The summed E-state index contributed by atoms with van der Waals surface area (Å²) in [5, 5.41) is 0. The number of carbonyl (C=O) groups is 1. The summed E-state index contributed by atoms with van der Waals surface area (Å²) in [6.07, 6.45) is 5.25. The maximum absolute atomic E-state index is 12.6. The van der Waals surface area contributed by atoms with E-state index in [1.54, 1.807) is 17.3 Å². The summed E-state index contributed by atoms with van der Waals surface area (Å²) in [5.74, 6) is -0.0730. The van der Waals surface area contributed by atoms with Crippen molar-refractivity contribution in [2.45, 2.75) is 6.92 Å². The van der Waals surface area contributed by atoms with Crippen LogP contribution >= 0.6 is 24.0 Å². The highest BCUT2D eigenvalue weighted by Crippen LogP contribution is 2.37. The molecule has 1 aromatic heterocycles. The lowest BCUT2D eigenvalue weighted by atomic mass is 10.2. The summed E-state index contributed by atoms with van der Waals surface area (Å²) in [6.45, 7) is 1.97. The normalized spacial score (nSPS) is 16.8. The number of aryl methyl sites for hydroxylation is 1. The highest BCUT2D eigenvalue weighted by molar-refractivity contribution is 8.27. The first-order valence-electron chi connectivity index (χ1n) is 6.40. The molecule has 0 radical (unpaired) electrons. The molecule has 3 nitrogen and oxygen atoms in total. The molecule has 0 atom stereocenters. The van der Waals surface area contributed by atoms with Crippen LogP contribution in [0.1, 0.15) is 11.1 Å². The van der Waals surface area contributed by atoms with Gasteiger partial charge < -0.3 is 0 Å². The minimum absolute atomic E-state index is 0.0730. The SMILES string of the molecule is Cc1ccccc1N1C(=O)/C(=C/c2ccncc2)SC1=S. The number of aromatic nitrogens is 1. The molecule has 1 aliphatic heterocycles. The summed E-state index contributed by atoms with van der Waals surface area (Å²) < 4.78 is 0.564. The average Bonchev–Trinajstić information content (AvgIpc) is 2.76. The fourth-order valence-corrected chi connectivity index (χ4v) is 3.39. The van der Waals surface area contributed by atoms with Gasteiger partial charge >= 0.3 is 0 Å². The van der Waals surface area contributed by atoms with Crippen LogP contribution in [0.25, 0.3) is 6.08 Å². The molecule has 2 aromatic rings. The molecule has 104 valence electrons. The number of carbonyl (C=O) groups excluding carboxylic acids is 1. The fraction of sp³-hybridized carbons (Fsp3) is 0.0625. The second kappa shape index (κ2) is 5.79. The van der Waals surface area contributed by atoms with Crippen molar-refractivity contribution >= 4 is 46.0 Å². The van der Waals surface area contributed by atoms with Crippen LogP contribution in [0.4, 0.5) is 5.69 Å². The molecule has 0 bridgehead atoms. The van der Waals surface area contributed by atoms with Gasteiger partial charge in [0.05, 0.1) is 10.6 Å². The summed E-state index contributed by atoms with van der Waals surface area (Å²) in [7, 11) is 0. The van der Waals surface area contributed by atoms with E-state index in [0.29, 0.717) is 9.23 Å². The standard InChI is InChI=1S/C16H12N2OS2/c1-11-4-2-3-5-13(11)18-15(19)14(21-16(18)20)10-12-6-8-17-9-7-12/h2-10H,1H3/b14-10-. The highest BCUT2D eigenvalue weighted by Gasteiger charge is 2.33. The Balaban J connectivity index is 1.97. The lowest BCUT2D eigenvalue weighted by Gasteiger charge is -2.16. The van der Waals surface area contributed by atoms with Gasteiger partial charge in [-0.15, -0.1) is 0 Å². The Labute approximate surface area is 132 Å². The van der Waals surface area contributed by atoms with Gasteiger partial charge in [0, 0.05) is 12.4 Å². The van der Waals surface area contributed by atoms with Gasteiger partial charge in [0.15, 0.2) is 4.32 Å². The van der Waals surface area contributed by atoms with E-state index in [4.69, 9.17) is 12.2 Å². The van der Waals surface area contributed by atoms with Crippen LogP contribution in [-0.4, -0.2) is 15.2 Å². The molecule has 21 heavy (non-hydrogen) atoms. The van der Waals surface area contributed by atoms with Crippen molar-refractivity contribution in [3.05, 3.63) is 64.8 Å². The monoisotopic (exact) mass is 312 g/mol. The van der Waals surface area contributed by atoms with Crippen molar-refractivity contribution in [3.63, 3.8) is 0 Å². The van der Waals surface area contributed by atoms with E-state index in [2.05, 4.69) is 4.98 Å². The quantitative estimate of drug-likeness (QED) is 0.624. The van der Waals surface area contributed by atoms with Gasteiger partial charge in [0.2, 0.25) is 0 Å². The predicted octanol–water partition coefficient (Wildman–Crippen LogP) is 3.80. The van der Waals surface area contributed by atoms with Crippen LogP contribution in [0.15, 0.2) is 53.7 Å². The summed E-state index contributed by atoms with van der Waals surface area (Å²) >= 11 is 6.70. The van der Waals surface area contributed by atoms with E-state index in [-0.39, 0.29) is 5.91 Å². The molecule has 5 heteroatoms. The topological polar surface area (TPSA) is 33.2 Å². The first kappa shape index (κ1) is 14.0. The number of amides is 1. The molecule has 0 saturated carbocycles. The Kier molecular flexibility index (Phi) is 3.86. The first-order chi connectivity index (χ1) is 10.2. The molecule has 0 spiro atoms. The van der Waals surface area contributed by atoms with Gasteiger partial charge in [-0.2, -0.15) is 0 Å². The number of pyridine rings is 1. The molecule has 0 aliphatic carbocycles. The van der Waals surface area contributed by atoms with Gasteiger partial charge in [0.1, 0.15) is 0 Å². The van der Waals surface area contributed by atoms with Gasteiger partial charge in [-0.05, 0) is 42.3 Å². The van der Waals surface area contributed by atoms with Crippen molar-refractivity contribution in [1.29, 1.82) is 0 Å². The Bertz CT molecular complexity index is 741. The minimum atomic E-state index is -0.0730. The van der Waals surface area contributed by atoms with Gasteiger partial charge in [-0.1, -0.05) is 42.2 Å². The number of benzene rings is 1. The summed E-state index contributed by atoms with van der Waals surface area (Å²) in [4.78, 5) is 18.8. The van der Waals surface area contributed by atoms with E-state index in [9.17, 15) is 4.79 Å². The molecule has 1 aromatic carbocycles. The molecule has 2 heterocycles. The highest BCUT2D eigenvalue weighted by atomic mass is 32.2. The van der Waals surface area contributed by atoms with E-state index in [0.717, 1.165) is 16.8 Å². The number of thiocarbonyl (C=S) groups is 1. The molecule has 1 aliphatic rings. The van der Waals surface area contributed by atoms with Gasteiger partial charge in [0.25, 0.3) is 5.91 Å². The Morgan fingerprint density at radius 3 is 2.62 bits per heavy atom. The zero-order valence-corrected chi connectivity index (χ0v) is 12.9. The van der Waals surface area contributed by atoms with Gasteiger partial charge in [-0.3, -0.25) is 14.7 Å². The number of hydrogen-bond donors (Lipinski definition) is 0. The maximum atomic E-state index is 12.6. The lowest BCUT2D eigenvalue weighted by molar-refractivity contribution is -0.113. The largest absolute Gasteiger partial charge is 0.270 e. The maximum Gasteiger partial charge on any atom is 0.270 e. The van der Waals surface area contributed by atoms with E-state index in [1.807, 2.05) is 49.4 Å². The van der Waals surface area contributed by atoms with E-state index < -0.39 is 0 Å². The second-order valence-electron chi connectivity index (χ2n) is 4.58. The molecule has 1 fully saturated rings. The molecular formula is C16H12N2OS2. The third-order valence-electron chi connectivity index (χ3n) is 3.15. The number of thioether (sulfide) groups is 1. The van der Waals surface area contributed by atoms with Crippen LogP contribution in [0, 0.1) is 6.92 Å². The summed E-state index contributed by atoms with van der Waals surface area (Å²) in [6, 6.07) is 11.5. The molecule has 1 amide bonds. The number of anilines is 1. The van der Waals surface area contributed by atoms with Crippen molar-refractivity contribution < 1.29 is 4.79 Å². The first-order valence-corrected chi connectivity index (χ1v) is 7.63. The average molecular weight is 312 g/mol. The lowest BCUT2D eigenvalue weighted by Crippen LogP contribution is -2.28. The molecular weight excluding hydrogens is 300 g/mol. The Hall–Kier alpha value is -1.98. The van der Waals surface area contributed by atoms with Crippen LogP contribution in [0.2, 0.25) is 0 Å². The van der Waals surface area contributed by atoms with Crippen molar-refractivity contribution in [1.82, 2.24) is 4.98 Å². The van der Waals surface area contributed by atoms with Crippen molar-refractivity contribution in [3.8, 4) is 0 Å². The van der Waals surface area contributed by atoms with Crippen molar-refractivity contribution in [2.75, 3.05) is 4.90 Å². The van der Waals surface area contributed by atoms with E-state index in [1.165, 1.54) is 11.8 Å². The Morgan fingerprint density at radius 2 is 1.90 bits per heavy atom. The van der Waals surface area contributed by atoms with Crippen LogP contribution < -0.4 is 4.90 Å². The van der Waals surface area contributed by atoms with Crippen molar-refractivity contribution in [2.24, 2.45) is 0 Å². The number of para-hydroxylation sites is 1. The van der Waals surface area contributed by atoms with Crippen LogP contribution in [-0.2, 0) is 4.79 Å². The third-order valence-corrected chi connectivity index (χ3v) is 4.46. The zero-order valence-electron chi connectivity index (χ0n) is 11.3. The number of hydrogen-bond acceptors (Lipinski definition) is 4. The summed E-state index contributed by atoms with van der Waals surface area (Å²) in [5.41, 5.74) is 2.81. The molecule has 3 rings (SSSR count). The molecule has 0 unspecified atom stereocenters. The van der Waals surface area contributed by atoms with E-state index >= 15 is 0 Å². The third kappa shape index (κ3) is 2.75. The smallest absolute Gasteiger partial charge is 0.268 e. The van der Waals surface area contributed by atoms with Gasteiger partial charge in [-0.25, -0.2) is 0 Å². The minimum Gasteiger partial charge on any atom is -0.268 e. The predicted molar refractivity (Wildman–Crippen MR) is 91.1 cm³/mol. The second-order valence-corrected chi connectivity index (χ2v) is 6.26. The fourth-order valence-electron chi connectivity index (χ4n) is 2.10. The van der Waals surface area contributed by atoms with Crippen LogP contribution in [0.3, 0.4) is 0 Å². The number of nitrogens with zero attached hydrogens (tertiary/aromatic N) is 2.